The van der Waals surface area contributed by atoms with E-state index >= 15 is 0 Å². The first-order valence-corrected chi connectivity index (χ1v) is 6.12. The molecule has 78 valence electrons. The summed E-state index contributed by atoms with van der Waals surface area (Å²) in [6, 6.07) is 4.63. The van der Waals surface area contributed by atoms with Crippen molar-refractivity contribution >= 4 is 11.3 Å². The van der Waals surface area contributed by atoms with Gasteiger partial charge in [-0.1, -0.05) is 6.07 Å². The predicted molar refractivity (Wildman–Crippen MR) is 59.6 cm³/mol. The maximum absolute atomic E-state index is 5.81. The van der Waals surface area contributed by atoms with E-state index < -0.39 is 0 Å². The van der Waals surface area contributed by atoms with Gasteiger partial charge in [0.05, 0.1) is 12.7 Å². The van der Waals surface area contributed by atoms with E-state index in [4.69, 9.17) is 10.5 Å². The molecule has 2 nitrogen and oxygen atoms in total. The van der Waals surface area contributed by atoms with Crippen LogP contribution in [0.25, 0.3) is 0 Å². The molecule has 1 fully saturated rings. The lowest BCUT2D eigenvalue weighted by atomic mass is 10.3. The van der Waals surface area contributed by atoms with E-state index in [1.54, 1.807) is 11.3 Å². The second-order valence-electron chi connectivity index (χ2n) is 3.90. The van der Waals surface area contributed by atoms with E-state index in [1.807, 2.05) is 0 Å². The highest BCUT2D eigenvalue weighted by Gasteiger charge is 2.21. The Morgan fingerprint density at radius 2 is 2.43 bits per heavy atom. The normalized spacial score (nSPS) is 26.9. The van der Waals surface area contributed by atoms with Gasteiger partial charge < -0.3 is 10.5 Å². The molecule has 0 saturated heterocycles. The molecule has 1 saturated carbocycles. The minimum absolute atomic E-state index is 0.377. The smallest absolute Gasteiger partial charge is 0.0590 e. The van der Waals surface area contributed by atoms with Crippen molar-refractivity contribution in [2.24, 2.45) is 5.73 Å². The van der Waals surface area contributed by atoms with Gasteiger partial charge in [-0.25, -0.2) is 0 Å². The molecule has 0 amide bonds. The first kappa shape index (κ1) is 10.1. The van der Waals surface area contributed by atoms with E-state index in [2.05, 4.69) is 17.5 Å². The Morgan fingerprint density at radius 1 is 1.50 bits per heavy atom. The maximum Gasteiger partial charge on any atom is 0.0590 e. The van der Waals surface area contributed by atoms with Crippen molar-refractivity contribution in [2.45, 2.75) is 37.8 Å². The summed E-state index contributed by atoms with van der Waals surface area (Å²) in [5, 5.41) is 2.11. The molecular weight excluding hydrogens is 194 g/mol. The SMILES string of the molecule is NC1CCC(OCCc2cccs2)C1. The average Bonchev–Trinajstić information content (AvgIpc) is 2.77. The van der Waals surface area contributed by atoms with Crippen molar-refractivity contribution in [3.05, 3.63) is 22.4 Å². The molecule has 1 aromatic rings. The van der Waals surface area contributed by atoms with Crippen LogP contribution in [0.3, 0.4) is 0 Å². The molecule has 1 aliphatic carbocycles. The molecular formula is C11H17NOS. The van der Waals surface area contributed by atoms with Crippen molar-refractivity contribution in [1.82, 2.24) is 0 Å². The molecule has 1 aromatic heterocycles. The highest BCUT2D eigenvalue weighted by molar-refractivity contribution is 7.09. The number of hydrogen-bond acceptors (Lipinski definition) is 3. The molecule has 0 aromatic carbocycles. The summed E-state index contributed by atoms with van der Waals surface area (Å²) in [4.78, 5) is 1.41. The molecule has 0 spiro atoms. The molecule has 0 radical (unpaired) electrons. The van der Waals surface area contributed by atoms with Crippen molar-refractivity contribution in [3.63, 3.8) is 0 Å². The van der Waals surface area contributed by atoms with Crippen LogP contribution in [0.2, 0.25) is 0 Å². The Hall–Kier alpha value is -0.380. The second-order valence-corrected chi connectivity index (χ2v) is 4.93. The standard InChI is InChI=1S/C11H17NOS/c12-9-3-4-10(8-9)13-6-5-11-2-1-7-14-11/h1-2,7,9-10H,3-6,8,12H2. The lowest BCUT2D eigenvalue weighted by Gasteiger charge is -2.10. The Bertz CT molecular complexity index is 260. The molecule has 1 aliphatic rings. The van der Waals surface area contributed by atoms with Crippen LogP contribution in [0.4, 0.5) is 0 Å². The van der Waals surface area contributed by atoms with Gasteiger partial charge in [-0.15, -0.1) is 11.3 Å². The van der Waals surface area contributed by atoms with Gasteiger partial charge in [0.1, 0.15) is 0 Å². The number of rotatable bonds is 4. The number of nitrogens with two attached hydrogens (primary N) is 1. The lowest BCUT2D eigenvalue weighted by Crippen LogP contribution is -2.18. The number of thiophene rings is 1. The molecule has 2 unspecified atom stereocenters. The third-order valence-corrected chi connectivity index (χ3v) is 3.64. The third-order valence-electron chi connectivity index (χ3n) is 2.71. The fraction of sp³-hybridized carbons (Fsp3) is 0.636. The first-order valence-electron chi connectivity index (χ1n) is 5.24. The Labute approximate surface area is 89.1 Å². The number of hydrogen-bond donors (Lipinski definition) is 1. The monoisotopic (exact) mass is 211 g/mol. The van der Waals surface area contributed by atoms with Crippen LogP contribution >= 0.6 is 11.3 Å². The summed E-state index contributed by atoms with van der Waals surface area (Å²) in [6.45, 7) is 0.845. The van der Waals surface area contributed by atoms with Crippen LogP contribution in [-0.4, -0.2) is 18.8 Å². The Kier molecular flexibility index (Phi) is 3.56. The van der Waals surface area contributed by atoms with Crippen LogP contribution in [0, 0.1) is 0 Å². The minimum Gasteiger partial charge on any atom is -0.378 e. The third kappa shape index (κ3) is 2.80. The van der Waals surface area contributed by atoms with Crippen molar-refractivity contribution in [2.75, 3.05) is 6.61 Å². The molecule has 3 heteroatoms. The molecule has 0 bridgehead atoms. The largest absolute Gasteiger partial charge is 0.378 e. The summed E-state index contributed by atoms with van der Waals surface area (Å²) in [6.07, 6.45) is 4.79. The fourth-order valence-corrected chi connectivity index (χ4v) is 2.60. The summed E-state index contributed by atoms with van der Waals surface area (Å²) < 4.78 is 5.77. The summed E-state index contributed by atoms with van der Waals surface area (Å²) in [7, 11) is 0. The second kappa shape index (κ2) is 4.91. The molecule has 14 heavy (non-hydrogen) atoms. The van der Waals surface area contributed by atoms with Crippen molar-refractivity contribution < 1.29 is 4.74 Å². The van der Waals surface area contributed by atoms with E-state index in [-0.39, 0.29) is 0 Å². The van der Waals surface area contributed by atoms with Crippen LogP contribution in [0.5, 0.6) is 0 Å². The zero-order chi connectivity index (χ0) is 9.80. The van der Waals surface area contributed by atoms with Crippen LogP contribution < -0.4 is 5.73 Å². The van der Waals surface area contributed by atoms with Gasteiger partial charge in [0, 0.05) is 17.3 Å². The fourth-order valence-electron chi connectivity index (χ4n) is 1.91. The predicted octanol–water partition coefficient (Wildman–Crippen LogP) is 2.19. The van der Waals surface area contributed by atoms with Crippen LogP contribution in [0.15, 0.2) is 17.5 Å². The van der Waals surface area contributed by atoms with Crippen LogP contribution in [0.1, 0.15) is 24.1 Å². The van der Waals surface area contributed by atoms with Gasteiger partial charge >= 0.3 is 0 Å². The summed E-state index contributed by atoms with van der Waals surface area (Å²) in [5.74, 6) is 0. The van der Waals surface area contributed by atoms with E-state index in [0.717, 1.165) is 32.3 Å². The zero-order valence-corrected chi connectivity index (χ0v) is 9.13. The molecule has 2 rings (SSSR count). The van der Waals surface area contributed by atoms with Gasteiger partial charge in [0.15, 0.2) is 0 Å². The highest BCUT2D eigenvalue weighted by Crippen LogP contribution is 2.20. The Balaban J connectivity index is 1.64. The van der Waals surface area contributed by atoms with Gasteiger partial charge in [-0.2, -0.15) is 0 Å². The van der Waals surface area contributed by atoms with E-state index in [1.165, 1.54) is 4.88 Å². The topological polar surface area (TPSA) is 35.2 Å². The highest BCUT2D eigenvalue weighted by atomic mass is 32.1. The Morgan fingerprint density at radius 3 is 3.07 bits per heavy atom. The van der Waals surface area contributed by atoms with Gasteiger partial charge in [-0.3, -0.25) is 0 Å². The van der Waals surface area contributed by atoms with Crippen molar-refractivity contribution in [3.8, 4) is 0 Å². The van der Waals surface area contributed by atoms with Crippen molar-refractivity contribution in [1.29, 1.82) is 0 Å². The van der Waals surface area contributed by atoms with Gasteiger partial charge in [0.25, 0.3) is 0 Å². The van der Waals surface area contributed by atoms with Crippen LogP contribution in [-0.2, 0) is 11.2 Å². The summed E-state index contributed by atoms with van der Waals surface area (Å²) >= 11 is 1.80. The lowest BCUT2D eigenvalue weighted by molar-refractivity contribution is 0.0601. The molecule has 2 atom stereocenters. The van der Waals surface area contributed by atoms with Gasteiger partial charge in [-0.05, 0) is 30.7 Å². The van der Waals surface area contributed by atoms with E-state index in [9.17, 15) is 0 Å². The molecule has 1 heterocycles. The zero-order valence-electron chi connectivity index (χ0n) is 8.32. The quantitative estimate of drug-likeness (QED) is 0.828. The summed E-state index contributed by atoms with van der Waals surface area (Å²) in [5.41, 5.74) is 5.81. The minimum atomic E-state index is 0.377. The molecule has 2 N–H and O–H groups in total. The average molecular weight is 211 g/mol. The first-order chi connectivity index (χ1) is 6.84. The number of ether oxygens (including phenoxy) is 1. The van der Waals surface area contributed by atoms with E-state index in [0.29, 0.717) is 12.1 Å². The molecule has 0 aliphatic heterocycles. The maximum atomic E-state index is 5.81. The van der Waals surface area contributed by atoms with Gasteiger partial charge in [0.2, 0.25) is 0 Å².